The molecule has 1 amide bonds. The summed E-state index contributed by atoms with van der Waals surface area (Å²) in [4.78, 5) is 24.0. The molecule has 0 unspecified atom stereocenters. The molecule has 6 nitrogen and oxygen atoms in total. The fourth-order valence-electron chi connectivity index (χ4n) is 3.76. The molecule has 0 bridgehead atoms. The first-order chi connectivity index (χ1) is 14.6. The summed E-state index contributed by atoms with van der Waals surface area (Å²) in [6.45, 7) is 5.56. The summed E-state index contributed by atoms with van der Waals surface area (Å²) in [5.74, 6) is 0.863. The molecule has 6 heteroatoms. The number of nitrogens with zero attached hydrogens (tertiary/aromatic N) is 3. The molecule has 0 saturated carbocycles. The minimum Gasteiger partial charge on any atom is -0.356 e. The van der Waals surface area contributed by atoms with Gasteiger partial charge in [-0.25, -0.2) is 9.97 Å². The molecule has 154 valence electrons. The summed E-state index contributed by atoms with van der Waals surface area (Å²) in [6, 6.07) is 19.8. The lowest BCUT2D eigenvalue weighted by atomic mass is 9.96. The first-order valence-electron chi connectivity index (χ1n) is 10.4. The lowest BCUT2D eigenvalue weighted by molar-refractivity contribution is -0.120. The van der Waals surface area contributed by atoms with Gasteiger partial charge in [0, 0.05) is 47.5 Å². The van der Waals surface area contributed by atoms with E-state index in [0.717, 1.165) is 60.3 Å². The van der Waals surface area contributed by atoms with Crippen LogP contribution in [-0.2, 0) is 4.79 Å². The lowest BCUT2D eigenvalue weighted by Crippen LogP contribution is -2.39. The molecule has 2 heterocycles. The number of para-hydroxylation sites is 1. The number of hydrogen-bond acceptors (Lipinski definition) is 5. The van der Waals surface area contributed by atoms with E-state index in [4.69, 9.17) is 0 Å². The van der Waals surface area contributed by atoms with E-state index in [-0.39, 0.29) is 11.8 Å². The molecule has 1 aliphatic heterocycles. The second-order valence-electron chi connectivity index (χ2n) is 7.77. The number of hydrogen-bond donors (Lipinski definition) is 2. The second-order valence-corrected chi connectivity index (χ2v) is 7.77. The highest BCUT2D eigenvalue weighted by atomic mass is 16.1. The van der Waals surface area contributed by atoms with Crippen molar-refractivity contribution in [2.45, 2.75) is 26.7 Å². The fourth-order valence-corrected chi connectivity index (χ4v) is 3.76. The van der Waals surface area contributed by atoms with Gasteiger partial charge >= 0.3 is 0 Å². The third-order valence-corrected chi connectivity index (χ3v) is 5.33. The van der Waals surface area contributed by atoms with Crippen molar-refractivity contribution < 1.29 is 4.79 Å². The highest BCUT2D eigenvalue weighted by Crippen LogP contribution is 2.24. The van der Waals surface area contributed by atoms with Crippen LogP contribution in [0.15, 0.2) is 60.7 Å². The van der Waals surface area contributed by atoms with Gasteiger partial charge in [-0.3, -0.25) is 4.79 Å². The van der Waals surface area contributed by atoms with Crippen molar-refractivity contribution >= 4 is 28.9 Å². The lowest BCUT2D eigenvalue weighted by Gasteiger charge is -2.31. The Balaban J connectivity index is 1.30. The molecule has 2 aromatic carbocycles. The Bertz CT molecular complexity index is 976. The van der Waals surface area contributed by atoms with E-state index in [0.29, 0.717) is 0 Å². The molecule has 1 aromatic heterocycles. The number of aryl methyl sites for hydroxylation is 2. The molecular formula is C24H27N5O. The van der Waals surface area contributed by atoms with Gasteiger partial charge in [0.05, 0.1) is 0 Å². The monoisotopic (exact) mass is 401 g/mol. The number of amides is 1. The van der Waals surface area contributed by atoms with Crippen LogP contribution < -0.4 is 15.5 Å². The van der Waals surface area contributed by atoms with Crippen molar-refractivity contribution in [3.05, 3.63) is 72.1 Å². The zero-order valence-electron chi connectivity index (χ0n) is 17.4. The second kappa shape index (κ2) is 8.95. The van der Waals surface area contributed by atoms with Crippen LogP contribution in [0.4, 0.5) is 23.0 Å². The summed E-state index contributed by atoms with van der Waals surface area (Å²) < 4.78 is 0. The maximum absolute atomic E-state index is 12.7. The highest BCUT2D eigenvalue weighted by molar-refractivity contribution is 5.92. The average Bonchev–Trinajstić information content (AvgIpc) is 2.75. The molecule has 30 heavy (non-hydrogen) atoms. The summed E-state index contributed by atoms with van der Waals surface area (Å²) in [5, 5.41) is 6.41. The molecule has 0 atom stereocenters. The molecule has 0 spiro atoms. The number of piperidine rings is 1. The average molecular weight is 402 g/mol. The minimum absolute atomic E-state index is 0.00859. The van der Waals surface area contributed by atoms with Crippen molar-refractivity contribution in [2.24, 2.45) is 5.92 Å². The van der Waals surface area contributed by atoms with E-state index in [2.05, 4.69) is 25.5 Å². The SMILES string of the molecule is Cc1cc(C)nc(N2CCC(C(=O)Nc3ccc(Nc4ccccc4)cc3)CC2)n1. The predicted molar refractivity (Wildman–Crippen MR) is 121 cm³/mol. The van der Waals surface area contributed by atoms with Crippen molar-refractivity contribution in [1.29, 1.82) is 0 Å². The van der Waals surface area contributed by atoms with Gasteiger partial charge in [0.1, 0.15) is 0 Å². The number of anilines is 4. The number of rotatable bonds is 5. The van der Waals surface area contributed by atoms with Gasteiger partial charge in [-0.15, -0.1) is 0 Å². The van der Waals surface area contributed by atoms with E-state index < -0.39 is 0 Å². The largest absolute Gasteiger partial charge is 0.356 e. The van der Waals surface area contributed by atoms with Crippen LogP contribution in [0, 0.1) is 19.8 Å². The molecule has 1 saturated heterocycles. The molecule has 0 aliphatic carbocycles. The number of carbonyl (C=O) groups is 1. The number of carbonyl (C=O) groups excluding carboxylic acids is 1. The summed E-state index contributed by atoms with van der Waals surface area (Å²) >= 11 is 0. The fraction of sp³-hybridized carbons (Fsp3) is 0.292. The Hall–Kier alpha value is -3.41. The topological polar surface area (TPSA) is 70.2 Å². The third-order valence-electron chi connectivity index (χ3n) is 5.33. The summed E-state index contributed by atoms with van der Waals surface area (Å²) in [5.41, 5.74) is 4.79. The van der Waals surface area contributed by atoms with Crippen LogP contribution in [0.2, 0.25) is 0 Å². The van der Waals surface area contributed by atoms with Gasteiger partial charge in [-0.05, 0) is 69.2 Å². The summed E-state index contributed by atoms with van der Waals surface area (Å²) in [6.07, 6.45) is 1.60. The van der Waals surface area contributed by atoms with Crippen LogP contribution in [0.25, 0.3) is 0 Å². The van der Waals surface area contributed by atoms with Gasteiger partial charge in [-0.2, -0.15) is 0 Å². The maximum atomic E-state index is 12.7. The minimum atomic E-state index is 0.00859. The van der Waals surface area contributed by atoms with E-state index in [1.54, 1.807) is 0 Å². The third kappa shape index (κ3) is 4.95. The molecule has 3 aromatic rings. The van der Waals surface area contributed by atoms with Crippen molar-refractivity contribution in [3.8, 4) is 0 Å². The van der Waals surface area contributed by atoms with Gasteiger partial charge in [-0.1, -0.05) is 18.2 Å². The Kier molecular flexibility index (Phi) is 5.93. The van der Waals surface area contributed by atoms with Crippen molar-refractivity contribution in [1.82, 2.24) is 9.97 Å². The van der Waals surface area contributed by atoms with Crippen LogP contribution >= 0.6 is 0 Å². The molecule has 4 rings (SSSR count). The normalized spacial score (nSPS) is 14.4. The van der Waals surface area contributed by atoms with Crippen LogP contribution in [-0.4, -0.2) is 29.0 Å². The van der Waals surface area contributed by atoms with Crippen LogP contribution in [0.1, 0.15) is 24.2 Å². The quantitative estimate of drug-likeness (QED) is 0.649. The standard InChI is InChI=1S/C24H27N5O/c1-17-16-18(2)26-24(25-17)29-14-12-19(13-15-29)23(30)28-22-10-8-21(9-11-22)27-20-6-4-3-5-7-20/h3-11,16,19,27H,12-15H2,1-2H3,(H,28,30). The van der Waals surface area contributed by atoms with E-state index in [9.17, 15) is 4.79 Å². The van der Waals surface area contributed by atoms with Crippen molar-refractivity contribution in [2.75, 3.05) is 28.6 Å². The Morgan fingerprint density at radius 1 is 0.867 bits per heavy atom. The van der Waals surface area contributed by atoms with E-state index in [1.807, 2.05) is 74.5 Å². The molecule has 2 N–H and O–H groups in total. The van der Waals surface area contributed by atoms with E-state index >= 15 is 0 Å². The van der Waals surface area contributed by atoms with E-state index in [1.165, 1.54) is 0 Å². The van der Waals surface area contributed by atoms with Gasteiger partial charge < -0.3 is 15.5 Å². The molecule has 1 fully saturated rings. The number of nitrogens with one attached hydrogen (secondary N) is 2. The van der Waals surface area contributed by atoms with Gasteiger partial charge in [0.25, 0.3) is 0 Å². The maximum Gasteiger partial charge on any atom is 0.227 e. The number of benzene rings is 2. The van der Waals surface area contributed by atoms with Crippen LogP contribution in [0.5, 0.6) is 0 Å². The Morgan fingerprint density at radius 2 is 1.43 bits per heavy atom. The first-order valence-corrected chi connectivity index (χ1v) is 10.4. The Morgan fingerprint density at radius 3 is 2.07 bits per heavy atom. The first kappa shape index (κ1) is 19.9. The zero-order chi connectivity index (χ0) is 20.9. The molecular weight excluding hydrogens is 374 g/mol. The smallest absolute Gasteiger partial charge is 0.227 e. The molecule has 0 radical (unpaired) electrons. The number of aromatic nitrogens is 2. The zero-order valence-corrected chi connectivity index (χ0v) is 17.4. The Labute approximate surface area is 177 Å². The highest BCUT2D eigenvalue weighted by Gasteiger charge is 2.26. The van der Waals surface area contributed by atoms with Gasteiger partial charge in [0.15, 0.2) is 0 Å². The van der Waals surface area contributed by atoms with Crippen molar-refractivity contribution in [3.63, 3.8) is 0 Å². The van der Waals surface area contributed by atoms with Gasteiger partial charge in [0.2, 0.25) is 11.9 Å². The predicted octanol–water partition coefficient (Wildman–Crippen LogP) is 4.69. The van der Waals surface area contributed by atoms with Crippen LogP contribution in [0.3, 0.4) is 0 Å². The molecule has 1 aliphatic rings. The summed E-state index contributed by atoms with van der Waals surface area (Å²) in [7, 11) is 0.